The van der Waals surface area contributed by atoms with Gasteiger partial charge in [-0.15, -0.1) is 0 Å². The molecule has 5 nitrogen and oxygen atoms in total. The van der Waals surface area contributed by atoms with Gasteiger partial charge in [0.1, 0.15) is 12.2 Å². The SMILES string of the molecule is CCC(=O)[C@H]1O[C@H](O)[C@H](O)[C@@H]1NC(C)C. The van der Waals surface area contributed by atoms with Gasteiger partial charge in [0.05, 0.1) is 6.04 Å². The predicted molar refractivity (Wildman–Crippen MR) is 54.2 cm³/mol. The van der Waals surface area contributed by atoms with Gasteiger partial charge in [-0.3, -0.25) is 4.79 Å². The van der Waals surface area contributed by atoms with Crippen LogP contribution in [0.15, 0.2) is 0 Å². The van der Waals surface area contributed by atoms with Gasteiger partial charge in [0, 0.05) is 12.5 Å². The minimum Gasteiger partial charge on any atom is -0.386 e. The molecule has 5 heteroatoms. The molecule has 0 spiro atoms. The van der Waals surface area contributed by atoms with Crippen LogP contribution < -0.4 is 5.32 Å². The minimum absolute atomic E-state index is 0.108. The first-order chi connectivity index (χ1) is 6.97. The van der Waals surface area contributed by atoms with Gasteiger partial charge in [0.2, 0.25) is 0 Å². The fourth-order valence-electron chi connectivity index (χ4n) is 1.72. The number of hydrogen-bond donors (Lipinski definition) is 3. The van der Waals surface area contributed by atoms with E-state index in [1.807, 2.05) is 13.8 Å². The Morgan fingerprint density at radius 2 is 2.07 bits per heavy atom. The van der Waals surface area contributed by atoms with Gasteiger partial charge < -0.3 is 20.3 Å². The van der Waals surface area contributed by atoms with Gasteiger partial charge in [0.25, 0.3) is 0 Å². The molecular weight excluding hydrogens is 198 g/mol. The van der Waals surface area contributed by atoms with Crippen LogP contribution in [0.2, 0.25) is 0 Å². The molecule has 0 radical (unpaired) electrons. The maximum absolute atomic E-state index is 11.5. The van der Waals surface area contributed by atoms with Crippen molar-refractivity contribution in [3.8, 4) is 0 Å². The molecule has 0 saturated carbocycles. The maximum Gasteiger partial charge on any atom is 0.183 e. The zero-order valence-electron chi connectivity index (χ0n) is 9.30. The van der Waals surface area contributed by atoms with Crippen LogP contribution in [-0.4, -0.2) is 46.6 Å². The summed E-state index contributed by atoms with van der Waals surface area (Å²) in [5.74, 6) is -0.108. The molecule has 1 saturated heterocycles. The number of rotatable bonds is 4. The monoisotopic (exact) mass is 217 g/mol. The number of carbonyl (C=O) groups is 1. The summed E-state index contributed by atoms with van der Waals surface area (Å²) in [7, 11) is 0. The molecule has 3 N–H and O–H groups in total. The molecule has 1 rings (SSSR count). The van der Waals surface area contributed by atoms with E-state index >= 15 is 0 Å². The van der Waals surface area contributed by atoms with E-state index in [9.17, 15) is 15.0 Å². The van der Waals surface area contributed by atoms with Gasteiger partial charge in [-0.2, -0.15) is 0 Å². The highest BCUT2D eigenvalue weighted by Gasteiger charge is 2.45. The second-order valence-electron chi connectivity index (χ2n) is 4.10. The first-order valence-electron chi connectivity index (χ1n) is 5.27. The van der Waals surface area contributed by atoms with Crippen LogP contribution in [0.3, 0.4) is 0 Å². The lowest BCUT2D eigenvalue weighted by molar-refractivity contribution is -0.148. The highest BCUT2D eigenvalue weighted by Crippen LogP contribution is 2.21. The van der Waals surface area contributed by atoms with E-state index < -0.39 is 24.5 Å². The van der Waals surface area contributed by atoms with Crippen molar-refractivity contribution >= 4 is 5.78 Å². The predicted octanol–water partition coefficient (Wildman–Crippen LogP) is -0.590. The number of carbonyl (C=O) groups excluding carboxylic acids is 1. The number of aliphatic hydroxyl groups is 2. The van der Waals surface area contributed by atoms with E-state index in [1.54, 1.807) is 6.92 Å². The third-order valence-corrected chi connectivity index (χ3v) is 2.46. The van der Waals surface area contributed by atoms with Crippen LogP contribution in [-0.2, 0) is 9.53 Å². The summed E-state index contributed by atoms with van der Waals surface area (Å²) < 4.78 is 5.03. The first kappa shape index (κ1) is 12.6. The number of ketones is 1. The van der Waals surface area contributed by atoms with Crippen molar-refractivity contribution in [1.82, 2.24) is 5.32 Å². The number of ether oxygens (including phenoxy) is 1. The molecule has 88 valence electrons. The third-order valence-electron chi connectivity index (χ3n) is 2.46. The molecule has 0 bridgehead atoms. The molecule has 4 atom stereocenters. The number of hydrogen-bond acceptors (Lipinski definition) is 5. The Labute approximate surface area is 89.4 Å². The Morgan fingerprint density at radius 1 is 1.47 bits per heavy atom. The van der Waals surface area contributed by atoms with E-state index in [4.69, 9.17) is 4.74 Å². The number of Topliss-reactive ketones (excluding diaryl/α,β-unsaturated/α-hetero) is 1. The summed E-state index contributed by atoms with van der Waals surface area (Å²) in [4.78, 5) is 11.5. The topological polar surface area (TPSA) is 78.8 Å². The smallest absolute Gasteiger partial charge is 0.183 e. The average Bonchev–Trinajstić information content (AvgIpc) is 2.44. The van der Waals surface area contributed by atoms with Crippen molar-refractivity contribution in [3.05, 3.63) is 0 Å². The third kappa shape index (κ3) is 2.75. The largest absolute Gasteiger partial charge is 0.386 e. The summed E-state index contributed by atoms with van der Waals surface area (Å²) in [5, 5.41) is 22.0. The summed E-state index contributed by atoms with van der Waals surface area (Å²) in [6.45, 7) is 5.55. The van der Waals surface area contributed by atoms with Gasteiger partial charge in [-0.05, 0) is 0 Å². The Hall–Kier alpha value is -0.490. The molecule has 0 aliphatic carbocycles. The standard InChI is InChI=1S/C10H19NO4/c1-4-6(12)9-7(11-5(2)3)8(13)10(14)15-9/h5,7-11,13-14H,4H2,1-3H3/t7-,8+,9+,10-/m0/s1. The lowest BCUT2D eigenvalue weighted by Crippen LogP contribution is -2.50. The highest BCUT2D eigenvalue weighted by molar-refractivity contribution is 5.84. The van der Waals surface area contributed by atoms with Gasteiger partial charge in [-0.1, -0.05) is 20.8 Å². The summed E-state index contributed by atoms with van der Waals surface area (Å²) in [6, 6.07) is -0.404. The van der Waals surface area contributed by atoms with E-state index in [0.717, 1.165) is 0 Å². The van der Waals surface area contributed by atoms with Gasteiger partial charge in [-0.25, -0.2) is 0 Å². The molecular formula is C10H19NO4. The van der Waals surface area contributed by atoms with Crippen LogP contribution in [0.1, 0.15) is 27.2 Å². The Bertz CT molecular complexity index is 231. The van der Waals surface area contributed by atoms with Crippen molar-refractivity contribution in [2.75, 3.05) is 0 Å². The van der Waals surface area contributed by atoms with Crippen LogP contribution in [0, 0.1) is 0 Å². The normalized spacial score (nSPS) is 36.1. The lowest BCUT2D eigenvalue weighted by atomic mass is 10.0. The molecule has 0 amide bonds. The van der Waals surface area contributed by atoms with Crippen molar-refractivity contribution in [2.45, 2.75) is 57.8 Å². The molecule has 1 aliphatic heterocycles. The van der Waals surface area contributed by atoms with E-state index in [0.29, 0.717) is 6.42 Å². The lowest BCUT2D eigenvalue weighted by Gasteiger charge is -2.22. The van der Waals surface area contributed by atoms with E-state index in [-0.39, 0.29) is 11.8 Å². The fraction of sp³-hybridized carbons (Fsp3) is 0.900. The zero-order valence-corrected chi connectivity index (χ0v) is 9.30. The number of nitrogens with one attached hydrogen (secondary N) is 1. The molecule has 0 aromatic heterocycles. The quantitative estimate of drug-likeness (QED) is 0.586. The Kier molecular flexibility index (Phi) is 4.21. The van der Waals surface area contributed by atoms with Crippen molar-refractivity contribution < 1.29 is 19.7 Å². The molecule has 1 aliphatic rings. The molecule has 1 fully saturated rings. The van der Waals surface area contributed by atoms with E-state index in [1.165, 1.54) is 0 Å². The van der Waals surface area contributed by atoms with E-state index in [2.05, 4.69) is 5.32 Å². The van der Waals surface area contributed by atoms with Gasteiger partial charge >= 0.3 is 0 Å². The molecule has 0 aromatic rings. The maximum atomic E-state index is 11.5. The van der Waals surface area contributed by atoms with Crippen LogP contribution in [0.4, 0.5) is 0 Å². The second kappa shape index (κ2) is 5.03. The zero-order chi connectivity index (χ0) is 11.6. The van der Waals surface area contributed by atoms with Crippen molar-refractivity contribution in [2.24, 2.45) is 0 Å². The molecule has 0 unspecified atom stereocenters. The van der Waals surface area contributed by atoms with Crippen molar-refractivity contribution in [3.63, 3.8) is 0 Å². The molecule has 0 aromatic carbocycles. The van der Waals surface area contributed by atoms with Crippen LogP contribution >= 0.6 is 0 Å². The van der Waals surface area contributed by atoms with Gasteiger partial charge in [0.15, 0.2) is 12.1 Å². The minimum atomic E-state index is -1.28. The van der Waals surface area contributed by atoms with Crippen molar-refractivity contribution in [1.29, 1.82) is 0 Å². The molecule has 1 heterocycles. The summed E-state index contributed by atoms with van der Waals surface area (Å²) in [5.41, 5.74) is 0. The molecule has 15 heavy (non-hydrogen) atoms. The summed E-state index contributed by atoms with van der Waals surface area (Å²) in [6.07, 6.45) is -2.74. The highest BCUT2D eigenvalue weighted by atomic mass is 16.6. The fourth-order valence-corrected chi connectivity index (χ4v) is 1.72. The summed E-state index contributed by atoms with van der Waals surface area (Å²) >= 11 is 0. The number of aliphatic hydroxyl groups excluding tert-OH is 2. The Morgan fingerprint density at radius 3 is 2.53 bits per heavy atom. The Balaban J connectivity index is 2.72. The second-order valence-corrected chi connectivity index (χ2v) is 4.10. The first-order valence-corrected chi connectivity index (χ1v) is 5.27. The van der Waals surface area contributed by atoms with Crippen LogP contribution in [0.5, 0.6) is 0 Å². The average molecular weight is 217 g/mol. The van der Waals surface area contributed by atoms with Crippen LogP contribution in [0.25, 0.3) is 0 Å².